The van der Waals surface area contributed by atoms with E-state index in [1.807, 2.05) is 0 Å². The Labute approximate surface area is 121 Å². The number of nitrogens with one attached hydrogen (secondary N) is 1. The number of carbonyl (C=O) groups is 1. The molecule has 0 spiro atoms. The van der Waals surface area contributed by atoms with Crippen molar-refractivity contribution in [2.24, 2.45) is 0 Å². The number of allylic oxidation sites excluding steroid dienone is 1. The topological polar surface area (TPSA) is 112 Å². The molecule has 14 heavy (non-hydrogen) atoms. The van der Waals surface area contributed by atoms with E-state index in [9.17, 15) is 20.0 Å². The molecule has 0 saturated heterocycles. The van der Waals surface area contributed by atoms with Crippen molar-refractivity contribution in [3.63, 3.8) is 0 Å². The third kappa shape index (κ3) is 2.72. The first-order valence-electron chi connectivity index (χ1n) is 3.16. The smallest absolute Gasteiger partial charge is 0.877 e. The van der Waals surface area contributed by atoms with E-state index < -0.39 is 10.6 Å². The maximum atomic E-state index is 10.3. The van der Waals surface area contributed by atoms with Crippen molar-refractivity contribution in [1.82, 2.24) is 10.2 Å². The minimum atomic E-state index is -0.730. The quantitative estimate of drug-likeness (QED) is 0.140. The summed E-state index contributed by atoms with van der Waals surface area (Å²) in [6.07, 6.45) is 1.39. The molecular formula is C6H4KN3O4. The van der Waals surface area contributed by atoms with E-state index in [2.05, 4.69) is 10.2 Å². The fraction of sp³-hybridized carbons (Fsp3) is 0. The van der Waals surface area contributed by atoms with E-state index in [-0.39, 0.29) is 75.2 Å². The average molecular weight is 221 g/mol. The zero-order chi connectivity index (χ0) is 9.84. The first kappa shape index (κ1) is 13.5. The second kappa shape index (κ2) is 6.04. The number of hydrogen-bond donors (Lipinski definition) is 1. The van der Waals surface area contributed by atoms with Gasteiger partial charge < -0.3 is 5.11 Å². The third-order valence-electron chi connectivity index (χ3n) is 1.36. The molecule has 0 aliphatic carbocycles. The van der Waals surface area contributed by atoms with Crippen molar-refractivity contribution in [2.45, 2.75) is 0 Å². The molecular weight excluding hydrogens is 217 g/mol. The molecule has 0 fully saturated rings. The first-order valence-corrected chi connectivity index (χ1v) is 3.16. The molecule has 8 heteroatoms. The average Bonchev–Trinajstić information content (AvgIpc) is 2.55. The normalized spacial score (nSPS) is 10.4. The van der Waals surface area contributed by atoms with Crippen LogP contribution in [0.2, 0.25) is 0 Å². The largest absolute Gasteiger partial charge is 1.00 e. The fourth-order valence-electron chi connectivity index (χ4n) is 0.776. The first-order chi connectivity index (χ1) is 6.20. The molecule has 0 aliphatic heterocycles. The molecule has 1 aromatic rings. The predicted octanol–water partition coefficient (Wildman–Crippen LogP) is -3.78. The van der Waals surface area contributed by atoms with Crippen LogP contribution in [-0.2, 0) is 4.79 Å². The van der Waals surface area contributed by atoms with Gasteiger partial charge in [0.1, 0.15) is 11.9 Å². The number of rotatable bonds is 3. The van der Waals surface area contributed by atoms with Crippen LogP contribution < -0.4 is 56.5 Å². The van der Waals surface area contributed by atoms with Gasteiger partial charge in [0.05, 0.1) is 4.92 Å². The summed E-state index contributed by atoms with van der Waals surface area (Å²) in [5.74, 6) is 0. The van der Waals surface area contributed by atoms with Gasteiger partial charge in [0.2, 0.25) is 0 Å². The summed E-state index contributed by atoms with van der Waals surface area (Å²) in [5.41, 5.74) is -0.895. The van der Waals surface area contributed by atoms with Crippen LogP contribution in [0.15, 0.2) is 12.5 Å². The zero-order valence-electron chi connectivity index (χ0n) is 7.26. The number of aromatic nitrogens is 2. The Morgan fingerprint density at radius 3 is 2.71 bits per heavy atom. The fourth-order valence-corrected chi connectivity index (χ4v) is 0.776. The van der Waals surface area contributed by atoms with Crippen molar-refractivity contribution in [3.05, 3.63) is 28.3 Å². The molecule has 0 aliphatic rings. The van der Waals surface area contributed by atoms with Crippen molar-refractivity contribution >= 4 is 17.5 Å². The number of H-pyrrole nitrogens is 1. The van der Waals surface area contributed by atoms with Crippen LogP contribution in [0, 0.1) is 10.1 Å². The molecule has 0 saturated carbocycles. The molecule has 0 amide bonds. The summed E-state index contributed by atoms with van der Waals surface area (Å²) in [6, 6.07) is 0. The van der Waals surface area contributed by atoms with Crippen LogP contribution in [0.1, 0.15) is 5.69 Å². The van der Waals surface area contributed by atoms with E-state index in [0.29, 0.717) is 0 Å². The van der Waals surface area contributed by atoms with Gasteiger partial charge in [-0.05, 0) is 0 Å². The summed E-state index contributed by atoms with van der Waals surface area (Å²) < 4.78 is 0. The second-order valence-corrected chi connectivity index (χ2v) is 2.08. The Morgan fingerprint density at radius 2 is 2.29 bits per heavy atom. The van der Waals surface area contributed by atoms with Crippen LogP contribution in [-0.4, -0.2) is 21.4 Å². The zero-order valence-corrected chi connectivity index (χ0v) is 10.4. The Kier molecular flexibility index (Phi) is 5.80. The molecule has 1 N–H and O–H groups in total. The molecule has 0 radical (unpaired) electrons. The molecule has 1 aromatic heterocycles. The van der Waals surface area contributed by atoms with Crippen LogP contribution in [0.4, 0.5) is 5.69 Å². The number of hydrogen-bond acceptors (Lipinski definition) is 5. The van der Waals surface area contributed by atoms with Crippen molar-refractivity contribution < 1.29 is 66.2 Å². The summed E-state index contributed by atoms with van der Waals surface area (Å²) in [7, 11) is 0. The van der Waals surface area contributed by atoms with Crippen molar-refractivity contribution in [2.75, 3.05) is 0 Å². The summed E-state index contributed by atoms with van der Waals surface area (Å²) in [5, 5.41) is 26.1. The maximum absolute atomic E-state index is 10.3. The van der Waals surface area contributed by atoms with Crippen LogP contribution in [0.3, 0.4) is 0 Å². The number of carbonyl (C=O) groups excluding carboxylic acids is 1. The van der Waals surface area contributed by atoms with E-state index in [0.717, 1.165) is 6.20 Å². The number of aromatic amines is 1. The maximum Gasteiger partial charge on any atom is 1.00 e. The Hall–Kier alpha value is -0.544. The minimum absolute atomic E-state index is 0. The molecule has 68 valence electrons. The van der Waals surface area contributed by atoms with E-state index >= 15 is 0 Å². The number of nitrogens with zero attached hydrogens (tertiary/aromatic N) is 2. The summed E-state index contributed by atoms with van der Waals surface area (Å²) >= 11 is 0. The van der Waals surface area contributed by atoms with Gasteiger partial charge in [0.25, 0.3) is 0 Å². The molecule has 1 heterocycles. The van der Waals surface area contributed by atoms with E-state index in [4.69, 9.17) is 0 Å². The van der Waals surface area contributed by atoms with Crippen LogP contribution >= 0.6 is 0 Å². The second-order valence-electron chi connectivity index (χ2n) is 2.08. The molecule has 0 bridgehead atoms. The SMILES string of the molecule is O=C/C(=C\[O-])c1[nH]ncc1[N+](=O)[O-].[K+]. The summed E-state index contributed by atoms with van der Waals surface area (Å²) in [6.45, 7) is 0. The Balaban J connectivity index is 0.00000169. The summed E-state index contributed by atoms with van der Waals surface area (Å²) in [4.78, 5) is 19.9. The number of nitro groups is 1. The van der Waals surface area contributed by atoms with E-state index in [1.165, 1.54) is 0 Å². The van der Waals surface area contributed by atoms with Crippen LogP contribution in [0.5, 0.6) is 0 Å². The molecule has 0 atom stereocenters. The van der Waals surface area contributed by atoms with Gasteiger partial charge in [-0.25, -0.2) is 0 Å². The molecule has 0 unspecified atom stereocenters. The van der Waals surface area contributed by atoms with Gasteiger partial charge in [-0.3, -0.25) is 20.0 Å². The number of aldehydes is 1. The van der Waals surface area contributed by atoms with Gasteiger partial charge in [0, 0.05) is 5.57 Å². The minimum Gasteiger partial charge on any atom is -0.877 e. The van der Waals surface area contributed by atoms with Crippen molar-refractivity contribution in [3.8, 4) is 0 Å². The Morgan fingerprint density at radius 1 is 1.64 bits per heavy atom. The van der Waals surface area contributed by atoms with Crippen LogP contribution in [0.25, 0.3) is 5.57 Å². The van der Waals surface area contributed by atoms with Gasteiger partial charge in [-0.1, -0.05) is 0 Å². The van der Waals surface area contributed by atoms with Gasteiger partial charge in [-0.2, -0.15) is 5.10 Å². The Bertz CT molecular complexity index is 373. The van der Waals surface area contributed by atoms with E-state index in [1.54, 1.807) is 0 Å². The van der Waals surface area contributed by atoms with Gasteiger partial charge in [0.15, 0.2) is 6.29 Å². The molecule has 0 aromatic carbocycles. The monoisotopic (exact) mass is 221 g/mol. The third-order valence-corrected chi connectivity index (χ3v) is 1.36. The standard InChI is InChI=1S/C6H5N3O4.K/c10-2-4(3-11)6-5(9(12)13)1-7-8-6;/h1-3,10H,(H,7,8);/q;+1/p-1/b4-2+;. The molecule has 7 nitrogen and oxygen atoms in total. The van der Waals surface area contributed by atoms with Gasteiger partial charge in [-0.15, -0.1) is 6.26 Å². The molecule has 1 rings (SSSR count). The van der Waals surface area contributed by atoms with Gasteiger partial charge >= 0.3 is 57.1 Å². The van der Waals surface area contributed by atoms with Crippen molar-refractivity contribution in [1.29, 1.82) is 0 Å². The predicted molar refractivity (Wildman–Crippen MR) is 39.3 cm³/mol.